The highest BCUT2D eigenvalue weighted by Crippen LogP contribution is 2.32. The minimum atomic E-state index is 0.105. The molecule has 2 atom stereocenters. The van der Waals surface area contributed by atoms with Gasteiger partial charge in [0.1, 0.15) is 0 Å². The summed E-state index contributed by atoms with van der Waals surface area (Å²) in [5, 5.41) is 0. The van der Waals surface area contributed by atoms with Crippen molar-refractivity contribution in [3.8, 4) is 0 Å². The number of anilines is 1. The largest absolute Gasteiger partial charge is 0.369 e. The molecule has 104 valence electrons. The van der Waals surface area contributed by atoms with E-state index in [9.17, 15) is 4.79 Å². The summed E-state index contributed by atoms with van der Waals surface area (Å²) in [5.41, 5.74) is 1.94. The molecule has 3 nitrogen and oxygen atoms in total. The third-order valence-electron chi connectivity index (χ3n) is 3.93. The molecule has 19 heavy (non-hydrogen) atoms. The van der Waals surface area contributed by atoms with E-state index in [1.807, 2.05) is 18.2 Å². The fourth-order valence-corrected chi connectivity index (χ4v) is 3.43. The Labute approximate surface area is 123 Å². The van der Waals surface area contributed by atoms with Crippen molar-refractivity contribution in [2.45, 2.75) is 19.9 Å². The molecular weight excluding hydrogens is 304 g/mol. The summed E-state index contributed by atoms with van der Waals surface area (Å²) in [7, 11) is 4.27. The number of hydrogen-bond acceptors (Lipinski definition) is 3. The predicted octanol–water partition coefficient (Wildman–Crippen LogP) is 3.04. The zero-order valence-corrected chi connectivity index (χ0v) is 13.6. The monoisotopic (exact) mass is 324 g/mol. The fraction of sp³-hybridized carbons (Fsp3) is 0.533. The number of halogens is 1. The Hall–Kier alpha value is -0.870. The number of likely N-dealkylation sites (N-methyl/N-ethyl adjacent to an activating group) is 1. The van der Waals surface area contributed by atoms with Crippen molar-refractivity contribution in [2.24, 2.45) is 5.92 Å². The lowest BCUT2D eigenvalue weighted by molar-refractivity contribution is 0.101. The summed E-state index contributed by atoms with van der Waals surface area (Å²) >= 11 is 3.59. The van der Waals surface area contributed by atoms with Gasteiger partial charge in [0.05, 0.1) is 5.69 Å². The SMILES string of the molecule is CC(=O)c1ccc(N2CC(C)C(N(C)C)C2)c(Br)c1. The lowest BCUT2D eigenvalue weighted by atomic mass is 10.1. The van der Waals surface area contributed by atoms with Crippen LogP contribution in [0.5, 0.6) is 0 Å². The Morgan fingerprint density at radius 2 is 2.05 bits per heavy atom. The third kappa shape index (κ3) is 3.00. The first-order chi connectivity index (χ1) is 8.90. The average Bonchev–Trinajstić information content (AvgIpc) is 2.71. The maximum atomic E-state index is 11.4. The molecule has 2 unspecified atom stereocenters. The molecule has 2 rings (SSSR count). The van der Waals surface area contributed by atoms with Gasteiger partial charge in [-0.1, -0.05) is 6.92 Å². The van der Waals surface area contributed by atoms with Gasteiger partial charge in [-0.3, -0.25) is 4.79 Å². The molecule has 0 aliphatic carbocycles. The van der Waals surface area contributed by atoms with Gasteiger partial charge in [0.25, 0.3) is 0 Å². The van der Waals surface area contributed by atoms with Gasteiger partial charge in [0, 0.05) is 29.2 Å². The lowest BCUT2D eigenvalue weighted by Crippen LogP contribution is -2.34. The van der Waals surface area contributed by atoms with Crippen molar-refractivity contribution < 1.29 is 4.79 Å². The molecule has 0 saturated carbocycles. The highest BCUT2D eigenvalue weighted by Gasteiger charge is 2.31. The van der Waals surface area contributed by atoms with Crippen molar-refractivity contribution in [1.29, 1.82) is 0 Å². The van der Waals surface area contributed by atoms with Crippen LogP contribution in [0.1, 0.15) is 24.2 Å². The summed E-state index contributed by atoms with van der Waals surface area (Å²) in [4.78, 5) is 16.1. The van der Waals surface area contributed by atoms with E-state index in [2.05, 4.69) is 46.7 Å². The topological polar surface area (TPSA) is 23.6 Å². The molecule has 0 bridgehead atoms. The first-order valence-corrected chi connectivity index (χ1v) is 7.41. The van der Waals surface area contributed by atoms with Crippen molar-refractivity contribution in [3.63, 3.8) is 0 Å². The molecule has 1 fully saturated rings. The molecule has 0 spiro atoms. The van der Waals surface area contributed by atoms with Crippen LogP contribution in [0.2, 0.25) is 0 Å². The van der Waals surface area contributed by atoms with Crippen LogP contribution in [-0.2, 0) is 0 Å². The molecule has 0 N–H and O–H groups in total. The molecule has 0 radical (unpaired) electrons. The number of hydrogen-bond donors (Lipinski definition) is 0. The minimum absolute atomic E-state index is 0.105. The maximum absolute atomic E-state index is 11.4. The van der Waals surface area contributed by atoms with E-state index in [4.69, 9.17) is 0 Å². The van der Waals surface area contributed by atoms with Gasteiger partial charge in [-0.05, 0) is 61.1 Å². The zero-order valence-electron chi connectivity index (χ0n) is 12.0. The molecule has 0 aromatic heterocycles. The van der Waals surface area contributed by atoms with E-state index in [1.165, 1.54) is 5.69 Å². The van der Waals surface area contributed by atoms with Crippen LogP contribution in [0.4, 0.5) is 5.69 Å². The number of nitrogens with zero attached hydrogens (tertiary/aromatic N) is 2. The molecule has 1 aromatic rings. The van der Waals surface area contributed by atoms with Crippen molar-refractivity contribution >= 4 is 27.4 Å². The molecular formula is C15H21BrN2O. The number of Topliss-reactive ketones (excluding diaryl/α,β-unsaturated/α-hetero) is 1. The molecule has 1 heterocycles. The van der Waals surface area contributed by atoms with E-state index >= 15 is 0 Å². The molecule has 0 amide bonds. The van der Waals surface area contributed by atoms with Gasteiger partial charge in [-0.25, -0.2) is 0 Å². The number of rotatable bonds is 3. The number of benzene rings is 1. The van der Waals surface area contributed by atoms with Crippen LogP contribution in [0.3, 0.4) is 0 Å². The Morgan fingerprint density at radius 1 is 1.37 bits per heavy atom. The van der Waals surface area contributed by atoms with Gasteiger partial charge >= 0.3 is 0 Å². The van der Waals surface area contributed by atoms with Gasteiger partial charge in [0.15, 0.2) is 5.78 Å². The van der Waals surface area contributed by atoms with Crippen LogP contribution in [0.15, 0.2) is 22.7 Å². The molecule has 1 aliphatic heterocycles. The first kappa shape index (κ1) is 14.5. The van der Waals surface area contributed by atoms with E-state index < -0.39 is 0 Å². The smallest absolute Gasteiger partial charge is 0.159 e. The van der Waals surface area contributed by atoms with E-state index in [0.717, 1.165) is 23.1 Å². The number of ketones is 1. The fourth-order valence-electron chi connectivity index (χ4n) is 2.80. The summed E-state index contributed by atoms with van der Waals surface area (Å²) in [5.74, 6) is 0.752. The second-order valence-corrected chi connectivity index (χ2v) is 6.49. The Morgan fingerprint density at radius 3 is 2.53 bits per heavy atom. The minimum Gasteiger partial charge on any atom is -0.369 e. The van der Waals surface area contributed by atoms with Gasteiger partial charge < -0.3 is 9.80 Å². The van der Waals surface area contributed by atoms with Gasteiger partial charge in [-0.2, -0.15) is 0 Å². The second-order valence-electron chi connectivity index (χ2n) is 5.64. The third-order valence-corrected chi connectivity index (χ3v) is 4.57. The van der Waals surface area contributed by atoms with Crippen LogP contribution in [0.25, 0.3) is 0 Å². The molecule has 1 saturated heterocycles. The number of carbonyl (C=O) groups is 1. The summed E-state index contributed by atoms with van der Waals surface area (Å²) in [6.07, 6.45) is 0. The Balaban J connectivity index is 2.22. The van der Waals surface area contributed by atoms with Gasteiger partial charge in [-0.15, -0.1) is 0 Å². The Kier molecular flexibility index (Phi) is 4.31. The van der Waals surface area contributed by atoms with Crippen molar-refractivity contribution in [2.75, 3.05) is 32.1 Å². The highest BCUT2D eigenvalue weighted by molar-refractivity contribution is 9.10. The van der Waals surface area contributed by atoms with Crippen molar-refractivity contribution in [1.82, 2.24) is 4.90 Å². The van der Waals surface area contributed by atoms with Crippen LogP contribution >= 0.6 is 15.9 Å². The lowest BCUT2D eigenvalue weighted by Gasteiger charge is -2.23. The zero-order chi connectivity index (χ0) is 14.2. The highest BCUT2D eigenvalue weighted by atomic mass is 79.9. The Bertz CT molecular complexity index is 487. The predicted molar refractivity (Wildman–Crippen MR) is 83.0 cm³/mol. The molecule has 1 aliphatic rings. The quantitative estimate of drug-likeness (QED) is 0.798. The first-order valence-electron chi connectivity index (χ1n) is 6.62. The van der Waals surface area contributed by atoms with E-state index in [1.54, 1.807) is 6.92 Å². The van der Waals surface area contributed by atoms with Crippen molar-refractivity contribution in [3.05, 3.63) is 28.2 Å². The summed E-state index contributed by atoms with van der Waals surface area (Å²) in [6, 6.07) is 6.46. The van der Waals surface area contributed by atoms with Crippen LogP contribution in [-0.4, -0.2) is 43.9 Å². The standard InChI is InChI=1S/C15H21BrN2O/c1-10-8-18(9-15(10)17(3)4)14-6-5-12(11(2)19)7-13(14)16/h5-7,10,15H,8-9H2,1-4H3. The van der Waals surface area contributed by atoms with E-state index in [0.29, 0.717) is 12.0 Å². The molecule has 1 aromatic carbocycles. The van der Waals surface area contributed by atoms with E-state index in [-0.39, 0.29) is 5.78 Å². The number of carbonyl (C=O) groups excluding carboxylic acids is 1. The average molecular weight is 325 g/mol. The summed E-state index contributed by atoms with van der Waals surface area (Å²) < 4.78 is 1.01. The van der Waals surface area contributed by atoms with Gasteiger partial charge in [0.2, 0.25) is 0 Å². The summed E-state index contributed by atoms with van der Waals surface area (Å²) in [6.45, 7) is 5.98. The van der Waals surface area contributed by atoms with Crippen LogP contribution < -0.4 is 4.90 Å². The second kappa shape index (κ2) is 5.63. The van der Waals surface area contributed by atoms with Crippen LogP contribution in [0, 0.1) is 5.92 Å². The molecule has 4 heteroatoms. The normalized spacial score (nSPS) is 23.2. The maximum Gasteiger partial charge on any atom is 0.159 e.